The third kappa shape index (κ3) is 7.01. The second-order valence-corrected chi connectivity index (χ2v) is 21.1. The minimum Gasteiger partial charge on any atom is -0.456 e. The van der Waals surface area contributed by atoms with Gasteiger partial charge in [-0.15, -0.1) is 16.4 Å². The molecule has 3 aromatic heterocycles. The van der Waals surface area contributed by atoms with E-state index in [1.807, 2.05) is 60.7 Å². The van der Waals surface area contributed by atoms with Crippen molar-refractivity contribution in [3.05, 3.63) is 121 Å². The Labute approximate surface area is 445 Å². The van der Waals surface area contributed by atoms with Gasteiger partial charge in [-0.3, -0.25) is 0 Å². The molecular weight excluding hydrogens is 884 g/mol. The molecule has 0 radical (unpaired) electrons. The van der Waals surface area contributed by atoms with Crippen LogP contribution in [0.5, 0.6) is 0 Å². The molecule has 3 heterocycles. The second-order valence-electron chi connectivity index (χ2n) is 21.1. The van der Waals surface area contributed by atoms with Gasteiger partial charge < -0.3 is 8.98 Å². The lowest BCUT2D eigenvalue weighted by atomic mass is 9.60. The van der Waals surface area contributed by atoms with Gasteiger partial charge in [0.15, 0.2) is 17.5 Å². The quantitative estimate of drug-likeness (QED) is 0.156. The van der Waals surface area contributed by atoms with E-state index in [0.29, 0.717) is 17.5 Å². The number of furan rings is 1. The van der Waals surface area contributed by atoms with Crippen LogP contribution in [0.2, 0.25) is 0 Å². The lowest BCUT2D eigenvalue weighted by molar-refractivity contribution is 0.669. The number of fused-ring (bicyclic) bond motifs is 7. The summed E-state index contributed by atoms with van der Waals surface area (Å²) < 4.78 is 9.49. The maximum atomic E-state index is 6.81. The van der Waals surface area contributed by atoms with Crippen LogP contribution < -0.4 is 76.5 Å². The van der Waals surface area contributed by atoms with Crippen molar-refractivity contribution in [2.45, 2.75) is 0 Å². The van der Waals surface area contributed by atoms with E-state index < -0.39 is 0 Å². The Morgan fingerprint density at radius 3 is 1.30 bits per heavy atom. The Hall–Kier alpha value is -7.24. The number of hydrogen-bond acceptors (Lipinski definition) is 4. The number of aromatic nitrogens is 4. The summed E-state index contributed by atoms with van der Waals surface area (Å²) in [5.74, 6) is 1.91. The fourth-order valence-corrected chi connectivity index (χ4v) is 12.7. The summed E-state index contributed by atoms with van der Waals surface area (Å²) in [5, 5.41) is 7.77. The van der Waals surface area contributed by atoms with E-state index in [-0.39, 0.29) is 0 Å². The molecule has 0 aliphatic rings. The first kappa shape index (κ1) is 47.7. The molecule has 0 unspecified atom stereocenters. The van der Waals surface area contributed by atoms with Gasteiger partial charge in [0.25, 0.3) is 0 Å². The average Bonchev–Trinajstić information content (AvgIpc) is 3.99. The highest BCUT2D eigenvalue weighted by molar-refractivity contribution is 6.74. The smallest absolute Gasteiger partial charge is 0.164 e. The van der Waals surface area contributed by atoms with Crippen molar-refractivity contribution in [3.8, 4) is 62.1 Å². The topological polar surface area (TPSA) is 56.7 Å². The Morgan fingerprint density at radius 2 is 0.743 bits per heavy atom. The predicted molar refractivity (Wildman–Crippen MR) is 361 cm³/mol. The van der Waals surface area contributed by atoms with Gasteiger partial charge in [0.05, 0.1) is 0 Å². The van der Waals surface area contributed by atoms with Gasteiger partial charge in [0, 0.05) is 49.6 Å². The van der Waals surface area contributed by atoms with E-state index in [1.165, 1.54) is 120 Å². The van der Waals surface area contributed by atoms with Crippen molar-refractivity contribution in [1.29, 1.82) is 0 Å². The number of rotatable bonds is 6. The van der Waals surface area contributed by atoms with E-state index in [0.717, 1.165) is 55.3 Å². The minimum absolute atomic E-state index is 0.627. The van der Waals surface area contributed by atoms with Crippen LogP contribution >= 0.6 is 0 Å². The van der Waals surface area contributed by atoms with Crippen molar-refractivity contribution in [2.75, 3.05) is 0 Å². The number of para-hydroxylation sites is 1. The highest BCUT2D eigenvalue weighted by atomic mass is 16.3. The lowest BCUT2D eigenvalue weighted by Crippen LogP contribution is -2.50. The summed E-state index contributed by atoms with van der Waals surface area (Å²) in [6, 6.07) is 42.1. The molecule has 74 heavy (non-hydrogen) atoms. The molecule has 0 saturated carbocycles. The number of nitrogens with zero attached hydrogens (tertiary/aromatic N) is 4. The molecule has 19 heteroatoms. The molecule has 0 bridgehead atoms. The molecule has 12 rings (SSSR count). The maximum Gasteiger partial charge on any atom is 0.164 e. The molecule has 5 nitrogen and oxygen atoms in total. The third-order valence-electron chi connectivity index (χ3n) is 17.5. The van der Waals surface area contributed by atoms with Crippen LogP contribution in [0.25, 0.3) is 117 Å². The van der Waals surface area contributed by atoms with Crippen LogP contribution in [0.1, 0.15) is 0 Å². The fourth-order valence-electron chi connectivity index (χ4n) is 12.7. The number of benzene rings is 9. The normalized spacial score (nSPS) is 11.7. The molecule has 0 N–H and O–H groups in total. The van der Waals surface area contributed by atoms with Gasteiger partial charge >= 0.3 is 0 Å². The maximum absolute atomic E-state index is 6.81. The van der Waals surface area contributed by atoms with E-state index in [1.54, 1.807) is 0 Å². The molecule has 0 fully saturated rings. The van der Waals surface area contributed by atoms with Crippen molar-refractivity contribution in [3.63, 3.8) is 0 Å². The second kappa shape index (κ2) is 17.7. The van der Waals surface area contributed by atoms with Gasteiger partial charge in [-0.25, -0.2) is 15.0 Å². The van der Waals surface area contributed by atoms with Gasteiger partial charge in [-0.05, 0) is 56.6 Å². The first-order chi connectivity index (χ1) is 35.6. The first-order valence-corrected chi connectivity index (χ1v) is 26.0. The van der Waals surface area contributed by atoms with E-state index in [4.69, 9.17) is 19.4 Å². The summed E-state index contributed by atoms with van der Waals surface area (Å²) >= 11 is 0. The first-order valence-electron chi connectivity index (χ1n) is 26.0. The van der Waals surface area contributed by atoms with Crippen molar-refractivity contribution >= 4 is 241 Å². The Bertz CT molecular complexity index is 4320. The summed E-state index contributed by atoms with van der Waals surface area (Å²) in [6.45, 7) is 0. The molecule has 0 aliphatic heterocycles. The fraction of sp³-hybridized carbons (Fsp3) is 0. The summed E-state index contributed by atoms with van der Waals surface area (Å²) in [7, 11) is 32.7. The molecule has 336 valence electrons. The van der Waals surface area contributed by atoms with E-state index >= 15 is 0 Å². The SMILES string of the molecule is Bc1c(B)c(-n2c3c(B)c(B)c(B)c(B)c3c3c(B)c4c(B)c(B)c(B)c(B)c4c(B)c32)c(B)c(B)c1-c1cc(-c2ccc(-c3nc(-c4ccccc4)nc(-c4ccccc4)n3)cc2)c2c(c1)oc1ccccc12. The zero-order valence-corrected chi connectivity index (χ0v) is 45.2. The zero-order valence-electron chi connectivity index (χ0n) is 45.2. The van der Waals surface area contributed by atoms with Crippen LogP contribution in [0.15, 0.2) is 126 Å². The highest BCUT2D eigenvalue weighted by Crippen LogP contribution is 2.40. The van der Waals surface area contributed by atoms with Crippen LogP contribution in [-0.4, -0.2) is 129 Å². The van der Waals surface area contributed by atoms with E-state index in [9.17, 15) is 0 Å². The summed E-state index contributed by atoms with van der Waals surface area (Å²) in [5.41, 5.74) is 31.9. The predicted octanol–water partition coefficient (Wildman–Crippen LogP) is -10.0. The van der Waals surface area contributed by atoms with E-state index in [2.05, 4.69) is 175 Å². The molecule has 0 amide bonds. The molecule has 0 spiro atoms. The van der Waals surface area contributed by atoms with Gasteiger partial charge in [-0.2, -0.15) is 0 Å². The van der Waals surface area contributed by atoms with Crippen molar-refractivity contribution in [2.24, 2.45) is 0 Å². The van der Waals surface area contributed by atoms with Crippen LogP contribution in [-0.2, 0) is 0 Å². The zero-order chi connectivity index (χ0) is 51.8. The molecule has 0 atom stereocenters. The average molecular weight is 932 g/mol. The summed E-state index contributed by atoms with van der Waals surface area (Å²) in [4.78, 5) is 15.0. The van der Waals surface area contributed by atoms with Crippen LogP contribution in [0.4, 0.5) is 0 Å². The minimum atomic E-state index is 0.627. The third-order valence-corrected chi connectivity index (χ3v) is 17.5. The van der Waals surface area contributed by atoms with Gasteiger partial charge in [0.1, 0.15) is 121 Å². The molecular formula is C55H48B14N4O. The number of hydrogen-bond donors (Lipinski definition) is 0. The highest BCUT2D eigenvalue weighted by Gasteiger charge is 2.28. The largest absolute Gasteiger partial charge is 0.456 e. The Morgan fingerprint density at radius 1 is 0.311 bits per heavy atom. The molecule has 9 aromatic carbocycles. The van der Waals surface area contributed by atoms with Crippen molar-refractivity contribution in [1.82, 2.24) is 19.5 Å². The molecule has 12 aromatic rings. The van der Waals surface area contributed by atoms with Crippen LogP contribution in [0, 0.1) is 0 Å². The Kier molecular flexibility index (Phi) is 11.4. The van der Waals surface area contributed by atoms with Crippen LogP contribution in [0.3, 0.4) is 0 Å². The standard InChI is InChI=1S/C55H48B14N4O/c56-36-32-33(40(60)44(64)43(63)39(32)59)42(62)50-34(36)35-41(61)45(65)46(66)49(69)51(35)73(50)52-47(67)37(57)30(38(58)48(52)68)25-19-27(31-26-13-7-8-14-28(26)74-29(31)20-25)21-15-17-24(18-16-21)55-71-53(22-9-3-1-4-10-22)70-54(72-55)23-11-5-2-6-12-23/h1-20H,56-69H2. The Balaban J connectivity index is 1.08. The lowest BCUT2D eigenvalue weighted by Gasteiger charge is -2.26. The van der Waals surface area contributed by atoms with Crippen molar-refractivity contribution < 1.29 is 4.42 Å². The molecule has 0 saturated heterocycles. The van der Waals surface area contributed by atoms with Gasteiger partial charge in [-0.1, -0.05) is 163 Å². The van der Waals surface area contributed by atoms with Gasteiger partial charge in [0.2, 0.25) is 0 Å². The summed E-state index contributed by atoms with van der Waals surface area (Å²) in [6.07, 6.45) is 0. The monoisotopic (exact) mass is 935 g/mol. The molecule has 0 aliphatic carbocycles.